The van der Waals surface area contributed by atoms with Crippen molar-refractivity contribution in [3.8, 4) is 0 Å². The van der Waals surface area contributed by atoms with Crippen LogP contribution in [0.25, 0.3) is 0 Å². The number of amides is 1. The molecule has 0 aliphatic carbocycles. The standard InChI is InChI=1S/C20H27N3O2/c1-14(2)19-18(20(24)21-12-17-10-7-11-25-17)15(3)22-23(19)13-16-8-5-4-6-9-16/h4-6,8-9,14,17H,7,10-13H2,1-3H3,(H,21,24)/t17-/m0/s1. The molecule has 2 aromatic rings. The van der Waals surface area contributed by atoms with Crippen molar-refractivity contribution in [3.63, 3.8) is 0 Å². The van der Waals surface area contributed by atoms with E-state index in [-0.39, 0.29) is 17.9 Å². The van der Waals surface area contributed by atoms with Crippen molar-refractivity contribution in [2.45, 2.75) is 52.2 Å². The normalized spacial score (nSPS) is 17.2. The number of nitrogens with zero attached hydrogens (tertiary/aromatic N) is 2. The van der Waals surface area contributed by atoms with Crippen LogP contribution in [0.15, 0.2) is 30.3 Å². The molecule has 0 bridgehead atoms. The Bertz CT molecular complexity index is 716. The molecular formula is C20H27N3O2. The molecule has 5 heteroatoms. The second-order valence-corrected chi connectivity index (χ2v) is 6.99. The fraction of sp³-hybridized carbons (Fsp3) is 0.500. The zero-order valence-electron chi connectivity index (χ0n) is 15.3. The molecule has 0 radical (unpaired) electrons. The molecule has 3 rings (SSSR count). The summed E-state index contributed by atoms with van der Waals surface area (Å²) in [4.78, 5) is 12.8. The molecule has 1 atom stereocenters. The predicted molar refractivity (Wildman–Crippen MR) is 97.9 cm³/mol. The van der Waals surface area contributed by atoms with Gasteiger partial charge in [0.25, 0.3) is 5.91 Å². The Kier molecular flexibility index (Phi) is 5.53. The van der Waals surface area contributed by atoms with Gasteiger partial charge in [-0.3, -0.25) is 9.48 Å². The average Bonchev–Trinajstić information content (AvgIpc) is 3.21. The number of carbonyl (C=O) groups is 1. The molecule has 1 fully saturated rings. The van der Waals surface area contributed by atoms with E-state index >= 15 is 0 Å². The Morgan fingerprint density at radius 3 is 2.76 bits per heavy atom. The molecule has 5 nitrogen and oxygen atoms in total. The number of hydrogen-bond donors (Lipinski definition) is 1. The summed E-state index contributed by atoms with van der Waals surface area (Å²) < 4.78 is 7.56. The van der Waals surface area contributed by atoms with Crippen LogP contribution < -0.4 is 5.32 Å². The summed E-state index contributed by atoms with van der Waals surface area (Å²) in [6.07, 6.45) is 2.24. The van der Waals surface area contributed by atoms with Gasteiger partial charge in [0.1, 0.15) is 0 Å². The third-order valence-corrected chi connectivity index (χ3v) is 4.63. The summed E-state index contributed by atoms with van der Waals surface area (Å²) in [6, 6.07) is 10.2. The first kappa shape index (κ1) is 17.7. The van der Waals surface area contributed by atoms with Crippen molar-refractivity contribution in [2.75, 3.05) is 13.2 Å². The summed E-state index contributed by atoms with van der Waals surface area (Å²) in [6.45, 7) is 8.16. The minimum absolute atomic E-state index is 0.0454. The molecule has 1 aliphatic heterocycles. The lowest BCUT2D eigenvalue weighted by atomic mass is 10.0. The van der Waals surface area contributed by atoms with Crippen molar-refractivity contribution in [1.82, 2.24) is 15.1 Å². The predicted octanol–water partition coefficient (Wildman–Crippen LogP) is 3.27. The minimum Gasteiger partial charge on any atom is -0.376 e. The molecule has 1 aromatic carbocycles. The first-order valence-electron chi connectivity index (χ1n) is 9.07. The molecule has 0 saturated carbocycles. The van der Waals surface area contributed by atoms with Gasteiger partial charge in [-0.2, -0.15) is 5.10 Å². The van der Waals surface area contributed by atoms with E-state index in [2.05, 4.69) is 36.4 Å². The zero-order valence-corrected chi connectivity index (χ0v) is 15.3. The van der Waals surface area contributed by atoms with Gasteiger partial charge in [0.15, 0.2) is 0 Å². The second kappa shape index (κ2) is 7.83. The Morgan fingerprint density at radius 2 is 2.12 bits per heavy atom. The van der Waals surface area contributed by atoms with Crippen molar-refractivity contribution in [2.24, 2.45) is 0 Å². The molecule has 134 valence electrons. The van der Waals surface area contributed by atoms with Gasteiger partial charge in [-0.15, -0.1) is 0 Å². The summed E-state index contributed by atoms with van der Waals surface area (Å²) in [5.74, 6) is 0.171. The highest BCUT2D eigenvalue weighted by atomic mass is 16.5. The number of aryl methyl sites for hydroxylation is 1. The van der Waals surface area contributed by atoms with Crippen molar-refractivity contribution < 1.29 is 9.53 Å². The highest BCUT2D eigenvalue weighted by Crippen LogP contribution is 2.24. The van der Waals surface area contributed by atoms with Crippen molar-refractivity contribution in [1.29, 1.82) is 0 Å². The van der Waals surface area contributed by atoms with E-state index in [1.54, 1.807) is 0 Å². The highest BCUT2D eigenvalue weighted by molar-refractivity contribution is 5.96. The summed E-state index contributed by atoms with van der Waals surface area (Å²) >= 11 is 0. The Labute approximate surface area is 149 Å². The molecule has 1 amide bonds. The van der Waals surface area contributed by atoms with E-state index in [0.29, 0.717) is 18.7 Å². The van der Waals surface area contributed by atoms with Crippen LogP contribution in [0.2, 0.25) is 0 Å². The quantitative estimate of drug-likeness (QED) is 0.877. The molecule has 1 aromatic heterocycles. The van der Waals surface area contributed by atoms with Crippen LogP contribution in [0, 0.1) is 6.92 Å². The number of benzene rings is 1. The molecule has 0 spiro atoms. The first-order valence-corrected chi connectivity index (χ1v) is 9.07. The highest BCUT2D eigenvalue weighted by Gasteiger charge is 2.25. The number of ether oxygens (including phenoxy) is 1. The molecule has 1 N–H and O–H groups in total. The number of hydrogen-bond acceptors (Lipinski definition) is 3. The topological polar surface area (TPSA) is 56.2 Å². The van der Waals surface area contributed by atoms with E-state index in [9.17, 15) is 4.79 Å². The molecule has 0 unspecified atom stereocenters. The molecular weight excluding hydrogens is 314 g/mol. The van der Waals surface area contributed by atoms with Crippen LogP contribution >= 0.6 is 0 Å². The number of aromatic nitrogens is 2. The van der Waals surface area contributed by atoms with Crippen molar-refractivity contribution >= 4 is 5.91 Å². The first-order chi connectivity index (χ1) is 12.1. The largest absolute Gasteiger partial charge is 0.376 e. The van der Waals surface area contributed by atoms with Gasteiger partial charge in [-0.1, -0.05) is 44.2 Å². The van der Waals surface area contributed by atoms with Crippen LogP contribution in [0.4, 0.5) is 0 Å². The molecule has 1 aliphatic rings. The Balaban J connectivity index is 1.81. The SMILES string of the molecule is Cc1nn(Cc2ccccc2)c(C(C)C)c1C(=O)NC[C@@H]1CCCO1. The van der Waals surface area contributed by atoms with Crippen LogP contribution in [-0.4, -0.2) is 34.9 Å². The van der Waals surface area contributed by atoms with Gasteiger partial charge < -0.3 is 10.1 Å². The number of carbonyl (C=O) groups excluding carboxylic acids is 1. The molecule has 25 heavy (non-hydrogen) atoms. The maximum absolute atomic E-state index is 12.8. The van der Waals surface area contributed by atoms with Crippen LogP contribution in [0.5, 0.6) is 0 Å². The van der Waals surface area contributed by atoms with Gasteiger partial charge >= 0.3 is 0 Å². The maximum atomic E-state index is 12.8. The van der Waals surface area contributed by atoms with Gasteiger partial charge in [0.05, 0.1) is 29.6 Å². The molecule has 2 heterocycles. The maximum Gasteiger partial charge on any atom is 0.255 e. The Morgan fingerprint density at radius 1 is 1.36 bits per heavy atom. The average molecular weight is 341 g/mol. The lowest BCUT2D eigenvalue weighted by Gasteiger charge is -2.14. The van der Waals surface area contributed by atoms with Gasteiger partial charge in [-0.05, 0) is 31.2 Å². The van der Waals surface area contributed by atoms with Crippen LogP contribution in [0.3, 0.4) is 0 Å². The Hall–Kier alpha value is -2.14. The summed E-state index contributed by atoms with van der Waals surface area (Å²) in [7, 11) is 0. The van der Waals surface area contributed by atoms with Crippen LogP contribution in [-0.2, 0) is 11.3 Å². The third kappa shape index (κ3) is 4.10. The zero-order chi connectivity index (χ0) is 17.8. The van der Waals surface area contributed by atoms with E-state index < -0.39 is 0 Å². The third-order valence-electron chi connectivity index (χ3n) is 4.63. The fourth-order valence-corrected chi connectivity index (χ4v) is 3.44. The second-order valence-electron chi connectivity index (χ2n) is 6.99. The van der Waals surface area contributed by atoms with Gasteiger partial charge in [0.2, 0.25) is 0 Å². The lowest BCUT2D eigenvalue weighted by molar-refractivity contribution is 0.0856. The fourth-order valence-electron chi connectivity index (χ4n) is 3.44. The lowest BCUT2D eigenvalue weighted by Crippen LogP contribution is -2.32. The van der Waals surface area contributed by atoms with E-state index in [0.717, 1.165) is 30.8 Å². The van der Waals surface area contributed by atoms with E-state index in [1.165, 1.54) is 5.56 Å². The van der Waals surface area contributed by atoms with Gasteiger partial charge in [0, 0.05) is 13.2 Å². The van der Waals surface area contributed by atoms with Crippen LogP contribution in [0.1, 0.15) is 59.9 Å². The van der Waals surface area contributed by atoms with Crippen molar-refractivity contribution in [3.05, 3.63) is 52.8 Å². The number of rotatable bonds is 6. The van der Waals surface area contributed by atoms with E-state index in [4.69, 9.17) is 4.74 Å². The van der Waals surface area contributed by atoms with Gasteiger partial charge in [-0.25, -0.2) is 0 Å². The summed E-state index contributed by atoms with van der Waals surface area (Å²) in [5, 5.41) is 7.69. The summed E-state index contributed by atoms with van der Waals surface area (Å²) in [5.41, 5.74) is 3.66. The van der Waals surface area contributed by atoms with E-state index in [1.807, 2.05) is 29.8 Å². The monoisotopic (exact) mass is 341 g/mol. The molecule has 1 saturated heterocycles. The smallest absolute Gasteiger partial charge is 0.255 e. The minimum atomic E-state index is -0.0454. The number of nitrogens with one attached hydrogen (secondary N) is 1.